The number of anilines is 2. The molecule has 0 bridgehead atoms. The average Bonchev–Trinajstić information content (AvgIpc) is 2.76. The van der Waals surface area contributed by atoms with E-state index in [1.54, 1.807) is 44.2 Å². The zero-order valence-corrected chi connectivity index (χ0v) is 20.1. The molecule has 6 N–H and O–H groups in total. The molecular formula is C21H25N4O7PS. The van der Waals surface area contributed by atoms with Gasteiger partial charge in [-0.1, -0.05) is 49.4 Å². The minimum absolute atomic E-state index is 0.0296. The fraction of sp³-hybridized carbons (Fsp3) is 0.238. The highest BCUT2D eigenvalue weighted by molar-refractivity contribution is 7.89. The summed E-state index contributed by atoms with van der Waals surface area (Å²) in [5, 5.41) is 19.7. The molecule has 0 saturated heterocycles. The minimum atomic E-state index is -4.38. The summed E-state index contributed by atoms with van der Waals surface area (Å²) < 4.78 is 43.1. The Morgan fingerprint density at radius 3 is 2.41 bits per heavy atom. The average molecular weight is 508 g/mol. The predicted octanol–water partition coefficient (Wildman–Crippen LogP) is 4.09. The molecule has 0 radical (unpaired) electrons. The topological polar surface area (TPSA) is 188 Å². The first-order valence-electron chi connectivity index (χ1n) is 10.2. The van der Waals surface area contributed by atoms with E-state index in [1.807, 2.05) is 0 Å². The number of non-ortho nitro benzene ring substituents is 1. The Morgan fingerprint density at radius 2 is 1.85 bits per heavy atom. The van der Waals surface area contributed by atoms with E-state index in [2.05, 4.69) is 5.32 Å². The van der Waals surface area contributed by atoms with E-state index in [1.165, 1.54) is 12.1 Å². The molecule has 3 atom stereocenters. The number of nitrogens with one attached hydrogen (secondary N) is 1. The van der Waals surface area contributed by atoms with Gasteiger partial charge >= 0.3 is 7.60 Å². The molecule has 0 aliphatic heterocycles. The molecule has 0 spiro atoms. The van der Waals surface area contributed by atoms with Crippen LogP contribution in [0.1, 0.15) is 31.6 Å². The van der Waals surface area contributed by atoms with E-state index in [9.17, 15) is 28.0 Å². The van der Waals surface area contributed by atoms with E-state index in [0.29, 0.717) is 12.0 Å². The molecule has 11 nitrogen and oxygen atoms in total. The van der Waals surface area contributed by atoms with E-state index in [4.69, 9.17) is 15.4 Å². The highest BCUT2D eigenvalue weighted by atomic mass is 32.2. The summed E-state index contributed by atoms with van der Waals surface area (Å²) in [5.41, 5.74) is 5.85. The number of nitrogens with zero attached hydrogens (tertiary/aromatic N) is 1. The number of nitro groups is 1. The van der Waals surface area contributed by atoms with Gasteiger partial charge in [0.05, 0.1) is 32.7 Å². The van der Waals surface area contributed by atoms with Crippen LogP contribution in [0.4, 0.5) is 17.1 Å². The van der Waals surface area contributed by atoms with Crippen molar-refractivity contribution in [3.63, 3.8) is 0 Å². The first-order chi connectivity index (χ1) is 15.9. The Kier molecular flexibility index (Phi) is 7.29. The van der Waals surface area contributed by atoms with Crippen LogP contribution in [-0.2, 0) is 19.1 Å². The molecule has 0 heterocycles. The standard InChI is InChI=1S/C21H25N4O7PS/c1-3-13(2)32-33(28,29)21(14-8-5-4-6-9-14)24-20-15-10-7-11-18(34(23,30)31)19(15)17(25(26)27)12-16(20)22/h4-13,21,24H,3,22H2,1-2H3,(H,28,29)(H2,23,30,31). The van der Waals surface area contributed by atoms with Gasteiger partial charge < -0.3 is 20.5 Å². The van der Waals surface area contributed by atoms with E-state index in [0.717, 1.165) is 12.1 Å². The van der Waals surface area contributed by atoms with Crippen LogP contribution < -0.4 is 16.2 Å². The number of nitro benzene ring substituents is 1. The maximum absolute atomic E-state index is 13.3. The summed E-state index contributed by atoms with van der Waals surface area (Å²) in [6, 6.07) is 13.2. The zero-order valence-electron chi connectivity index (χ0n) is 18.4. The molecule has 3 unspecified atom stereocenters. The lowest BCUT2D eigenvalue weighted by Crippen LogP contribution is -2.18. The van der Waals surface area contributed by atoms with Gasteiger partial charge in [0, 0.05) is 11.5 Å². The van der Waals surface area contributed by atoms with Crippen molar-refractivity contribution in [2.75, 3.05) is 11.1 Å². The number of nitrogens with two attached hydrogens (primary N) is 2. The first kappa shape index (κ1) is 25.6. The molecule has 13 heteroatoms. The van der Waals surface area contributed by atoms with Crippen molar-refractivity contribution >= 4 is 45.5 Å². The smallest absolute Gasteiger partial charge is 0.354 e. The number of sulfonamides is 1. The van der Waals surface area contributed by atoms with E-state index < -0.39 is 45.0 Å². The van der Waals surface area contributed by atoms with Gasteiger partial charge in [0.15, 0.2) is 5.78 Å². The Labute approximate surface area is 196 Å². The van der Waals surface area contributed by atoms with Crippen LogP contribution in [0.5, 0.6) is 0 Å². The normalized spacial score (nSPS) is 15.4. The zero-order chi connectivity index (χ0) is 25.3. The van der Waals surface area contributed by atoms with Crippen molar-refractivity contribution < 1.29 is 27.3 Å². The van der Waals surface area contributed by atoms with Crippen LogP contribution in [0.15, 0.2) is 59.5 Å². The lowest BCUT2D eigenvalue weighted by molar-refractivity contribution is -0.383. The van der Waals surface area contributed by atoms with Gasteiger partial charge in [0.25, 0.3) is 5.69 Å². The summed E-state index contributed by atoms with van der Waals surface area (Å²) in [7, 11) is -8.72. The Hall–Kier alpha value is -3.02. The van der Waals surface area contributed by atoms with Gasteiger partial charge in [-0.25, -0.2) is 13.6 Å². The minimum Gasteiger partial charge on any atom is -0.397 e. The van der Waals surface area contributed by atoms with Crippen molar-refractivity contribution in [1.29, 1.82) is 0 Å². The molecule has 182 valence electrons. The SMILES string of the molecule is CCC(C)OP(=O)(O)C(Nc1c(N)cc([N+](=O)[O-])c2c(S(N)(=O)=O)cccc12)c1ccccc1. The molecule has 0 fully saturated rings. The monoisotopic (exact) mass is 508 g/mol. The second-order valence-corrected chi connectivity index (χ2v) is 11.1. The van der Waals surface area contributed by atoms with Gasteiger partial charge in [-0.2, -0.15) is 0 Å². The van der Waals surface area contributed by atoms with Crippen molar-refractivity contribution in [1.82, 2.24) is 0 Å². The van der Waals surface area contributed by atoms with Gasteiger partial charge in [0.1, 0.15) is 0 Å². The van der Waals surface area contributed by atoms with Gasteiger partial charge in [-0.3, -0.25) is 14.7 Å². The maximum atomic E-state index is 13.3. The van der Waals surface area contributed by atoms with Gasteiger partial charge in [0.2, 0.25) is 10.0 Å². The number of fused-ring (bicyclic) bond motifs is 1. The molecule has 3 rings (SSSR count). The summed E-state index contributed by atoms with van der Waals surface area (Å²) in [5.74, 6) is -1.31. The number of nitrogen functional groups attached to an aromatic ring is 1. The molecule has 0 aliphatic rings. The highest BCUT2D eigenvalue weighted by Crippen LogP contribution is 2.58. The van der Waals surface area contributed by atoms with Crippen LogP contribution in [0, 0.1) is 10.1 Å². The van der Waals surface area contributed by atoms with Crippen molar-refractivity contribution in [3.05, 3.63) is 70.3 Å². The van der Waals surface area contributed by atoms with E-state index in [-0.39, 0.29) is 22.1 Å². The molecule has 0 saturated carbocycles. The van der Waals surface area contributed by atoms with Gasteiger partial charge in [-0.05, 0) is 25.0 Å². The van der Waals surface area contributed by atoms with Crippen molar-refractivity contribution in [2.24, 2.45) is 5.14 Å². The summed E-state index contributed by atoms with van der Waals surface area (Å²) in [4.78, 5) is 21.3. The Balaban J connectivity index is 2.30. The third-order valence-corrected chi connectivity index (χ3v) is 7.96. The number of rotatable bonds is 9. The lowest BCUT2D eigenvalue weighted by Gasteiger charge is -2.28. The van der Waals surface area contributed by atoms with Crippen LogP contribution in [0.25, 0.3) is 10.8 Å². The largest absolute Gasteiger partial charge is 0.397 e. The van der Waals surface area contributed by atoms with Crippen LogP contribution in [0.2, 0.25) is 0 Å². The number of primary sulfonamides is 1. The van der Waals surface area contributed by atoms with Crippen molar-refractivity contribution in [3.8, 4) is 0 Å². The molecule has 3 aromatic rings. The number of benzene rings is 3. The number of hydrogen-bond donors (Lipinski definition) is 4. The molecule has 0 aliphatic carbocycles. The Bertz CT molecular complexity index is 1380. The number of hydrogen-bond acceptors (Lipinski definition) is 8. The third kappa shape index (κ3) is 5.21. The van der Waals surface area contributed by atoms with Crippen LogP contribution in [0.3, 0.4) is 0 Å². The summed E-state index contributed by atoms with van der Waals surface area (Å²) in [6.45, 7) is 3.45. The summed E-state index contributed by atoms with van der Waals surface area (Å²) >= 11 is 0. The molecule has 3 aromatic carbocycles. The molecule has 0 amide bonds. The third-order valence-electron chi connectivity index (χ3n) is 5.26. The Morgan fingerprint density at radius 1 is 1.21 bits per heavy atom. The molecule has 34 heavy (non-hydrogen) atoms. The van der Waals surface area contributed by atoms with Crippen molar-refractivity contribution in [2.45, 2.75) is 37.1 Å². The molecular weight excluding hydrogens is 483 g/mol. The first-order valence-corrected chi connectivity index (χ1v) is 13.4. The fourth-order valence-electron chi connectivity index (χ4n) is 3.51. The fourth-order valence-corrected chi connectivity index (χ4v) is 5.91. The summed E-state index contributed by atoms with van der Waals surface area (Å²) in [6.07, 6.45) is -0.0596. The lowest BCUT2D eigenvalue weighted by atomic mass is 10.0. The second-order valence-electron chi connectivity index (χ2n) is 7.69. The highest BCUT2D eigenvalue weighted by Gasteiger charge is 2.37. The predicted molar refractivity (Wildman–Crippen MR) is 130 cm³/mol. The maximum Gasteiger partial charge on any atom is 0.354 e. The quantitative estimate of drug-likeness (QED) is 0.143. The van der Waals surface area contributed by atoms with Gasteiger partial charge in [-0.15, -0.1) is 0 Å². The van der Waals surface area contributed by atoms with Crippen LogP contribution >= 0.6 is 7.60 Å². The molecule has 0 aromatic heterocycles. The van der Waals surface area contributed by atoms with E-state index >= 15 is 0 Å². The second kappa shape index (κ2) is 9.69. The van der Waals surface area contributed by atoms with Crippen LogP contribution in [-0.4, -0.2) is 24.3 Å².